The summed E-state index contributed by atoms with van der Waals surface area (Å²) in [6.07, 6.45) is 0. The first-order valence-electron chi connectivity index (χ1n) is 5.23. The first-order valence-corrected chi connectivity index (χ1v) is 6.31. The quantitative estimate of drug-likeness (QED) is 0.501. The molecule has 0 unspecified atom stereocenters. The van der Waals surface area contributed by atoms with Gasteiger partial charge in [0, 0.05) is 14.7 Å². The molecule has 1 aromatic rings. The number of carbonyl (C=O) groups excluding carboxylic acids is 1. The molecule has 0 atom stereocenters. The van der Waals surface area contributed by atoms with E-state index in [9.17, 15) is 9.18 Å². The summed E-state index contributed by atoms with van der Waals surface area (Å²) in [5.74, 6) is -0.687. The lowest BCUT2D eigenvalue weighted by molar-refractivity contribution is 0.0981. The molecule has 0 fully saturated rings. The number of benzene rings is 1. The van der Waals surface area contributed by atoms with Gasteiger partial charge in [0.1, 0.15) is 5.82 Å². The molecular weight excluding hydrogens is 334 g/mol. The molecule has 0 aliphatic heterocycles. The van der Waals surface area contributed by atoms with Gasteiger partial charge in [-0.2, -0.15) is 0 Å². The topological polar surface area (TPSA) is 55.1 Å². The largest absolute Gasteiger partial charge is 0.395 e. The number of nitrogen functional groups attached to an aromatic ring is 1. The van der Waals surface area contributed by atoms with Gasteiger partial charge in [-0.25, -0.2) is 4.39 Å². The highest BCUT2D eigenvalue weighted by molar-refractivity contribution is 14.1. The van der Waals surface area contributed by atoms with Crippen LogP contribution >= 0.6 is 22.6 Å². The number of halogens is 2. The van der Waals surface area contributed by atoms with Gasteiger partial charge in [0.15, 0.2) is 5.78 Å². The third-order valence-corrected chi connectivity index (χ3v) is 3.07. The van der Waals surface area contributed by atoms with Crippen molar-refractivity contribution in [3.05, 3.63) is 27.1 Å². The van der Waals surface area contributed by atoms with Crippen molar-refractivity contribution in [2.45, 2.75) is 26.3 Å². The Morgan fingerprint density at radius 2 is 2.06 bits per heavy atom. The number of ketones is 1. The molecule has 5 heteroatoms. The average molecular weight is 350 g/mol. The molecule has 1 rings (SSSR count). The minimum absolute atomic E-state index is 0.0888. The van der Waals surface area contributed by atoms with Gasteiger partial charge in [0.05, 0.1) is 12.2 Å². The second-order valence-electron chi connectivity index (χ2n) is 4.88. The first-order chi connectivity index (χ1) is 7.70. The number of rotatable bonds is 3. The second-order valence-corrected chi connectivity index (χ2v) is 6.04. The van der Waals surface area contributed by atoms with Crippen molar-refractivity contribution >= 4 is 34.1 Å². The van der Waals surface area contributed by atoms with Crippen molar-refractivity contribution < 1.29 is 9.18 Å². The van der Waals surface area contributed by atoms with Crippen molar-refractivity contribution in [1.29, 1.82) is 0 Å². The first kappa shape index (κ1) is 14.4. The molecule has 0 heterocycles. The number of carbonyl (C=O) groups is 1. The van der Waals surface area contributed by atoms with Crippen molar-refractivity contribution in [3.8, 4) is 0 Å². The molecule has 0 aromatic heterocycles. The van der Waals surface area contributed by atoms with E-state index in [1.807, 2.05) is 43.4 Å². The van der Waals surface area contributed by atoms with E-state index in [1.165, 1.54) is 6.07 Å². The van der Waals surface area contributed by atoms with Crippen LogP contribution in [0.4, 0.5) is 10.1 Å². The van der Waals surface area contributed by atoms with Crippen molar-refractivity contribution in [3.63, 3.8) is 0 Å². The Morgan fingerprint density at radius 3 is 2.53 bits per heavy atom. The maximum atomic E-state index is 13.4. The van der Waals surface area contributed by atoms with Crippen LogP contribution in [0.3, 0.4) is 0 Å². The fourth-order valence-electron chi connectivity index (χ4n) is 1.19. The minimum Gasteiger partial charge on any atom is -0.395 e. The van der Waals surface area contributed by atoms with Crippen LogP contribution in [-0.2, 0) is 0 Å². The zero-order valence-electron chi connectivity index (χ0n) is 10.1. The van der Waals surface area contributed by atoms with Gasteiger partial charge in [0.2, 0.25) is 0 Å². The van der Waals surface area contributed by atoms with Crippen LogP contribution in [0, 0.1) is 9.39 Å². The van der Waals surface area contributed by atoms with Gasteiger partial charge >= 0.3 is 0 Å². The lowest BCUT2D eigenvalue weighted by atomic mass is 10.1. The molecule has 0 aliphatic rings. The van der Waals surface area contributed by atoms with E-state index in [2.05, 4.69) is 5.32 Å². The maximum Gasteiger partial charge on any atom is 0.176 e. The molecule has 0 saturated carbocycles. The molecule has 1 aromatic carbocycles. The molecule has 0 bridgehead atoms. The van der Waals surface area contributed by atoms with E-state index in [-0.39, 0.29) is 23.6 Å². The number of nitrogens with one attached hydrogen (secondary N) is 1. The summed E-state index contributed by atoms with van der Waals surface area (Å²) in [6.45, 7) is 6.08. The van der Waals surface area contributed by atoms with Gasteiger partial charge in [-0.3, -0.25) is 4.79 Å². The fraction of sp³-hybridized carbons (Fsp3) is 0.417. The Kier molecular flexibility index (Phi) is 4.48. The highest BCUT2D eigenvalue weighted by Gasteiger charge is 2.15. The van der Waals surface area contributed by atoms with Crippen LogP contribution in [-0.4, -0.2) is 17.9 Å². The SMILES string of the molecule is CC(C)(C)NCC(=O)c1cc(F)c(N)c(I)c1. The van der Waals surface area contributed by atoms with E-state index in [0.29, 0.717) is 9.13 Å². The maximum absolute atomic E-state index is 13.4. The fourth-order valence-corrected chi connectivity index (χ4v) is 1.79. The Bertz CT molecular complexity index is 418. The van der Waals surface area contributed by atoms with Gasteiger partial charge in [0.25, 0.3) is 0 Å². The highest BCUT2D eigenvalue weighted by Crippen LogP contribution is 2.20. The van der Waals surface area contributed by atoms with Crippen molar-refractivity contribution in [1.82, 2.24) is 5.32 Å². The van der Waals surface area contributed by atoms with E-state index in [0.717, 1.165) is 0 Å². The number of nitrogens with two attached hydrogens (primary N) is 1. The van der Waals surface area contributed by atoms with Crippen molar-refractivity contribution in [2.75, 3.05) is 12.3 Å². The summed E-state index contributed by atoms with van der Waals surface area (Å²) in [4.78, 5) is 11.8. The van der Waals surface area contributed by atoms with E-state index < -0.39 is 5.82 Å². The number of hydrogen-bond acceptors (Lipinski definition) is 3. The van der Waals surface area contributed by atoms with Gasteiger partial charge in [-0.15, -0.1) is 0 Å². The van der Waals surface area contributed by atoms with Crippen LogP contribution < -0.4 is 11.1 Å². The Balaban J connectivity index is 2.84. The molecule has 94 valence electrons. The third-order valence-electron chi connectivity index (χ3n) is 2.18. The average Bonchev–Trinajstić information content (AvgIpc) is 2.20. The van der Waals surface area contributed by atoms with Crippen LogP contribution in [0.25, 0.3) is 0 Å². The molecule has 3 N–H and O–H groups in total. The van der Waals surface area contributed by atoms with Crippen LogP contribution in [0.2, 0.25) is 0 Å². The molecule has 0 aliphatic carbocycles. The number of hydrogen-bond donors (Lipinski definition) is 2. The lowest BCUT2D eigenvalue weighted by Gasteiger charge is -2.19. The Labute approximate surface area is 114 Å². The monoisotopic (exact) mass is 350 g/mol. The summed E-state index contributed by atoms with van der Waals surface area (Å²) in [5.41, 5.74) is 5.78. The van der Waals surface area contributed by atoms with Crippen LogP contribution in [0.1, 0.15) is 31.1 Å². The Hall–Kier alpha value is -0.690. The third kappa shape index (κ3) is 4.23. The van der Waals surface area contributed by atoms with Crippen LogP contribution in [0.5, 0.6) is 0 Å². The minimum atomic E-state index is -0.545. The molecule has 0 spiro atoms. The van der Waals surface area contributed by atoms with Crippen molar-refractivity contribution in [2.24, 2.45) is 0 Å². The molecule has 0 radical (unpaired) electrons. The Morgan fingerprint density at radius 1 is 1.47 bits per heavy atom. The molecule has 17 heavy (non-hydrogen) atoms. The second kappa shape index (κ2) is 5.30. The summed E-state index contributed by atoms with van der Waals surface area (Å²) in [5, 5.41) is 3.07. The summed E-state index contributed by atoms with van der Waals surface area (Å²) >= 11 is 1.92. The van der Waals surface area contributed by atoms with Gasteiger partial charge in [-0.05, 0) is 55.5 Å². The summed E-state index contributed by atoms with van der Waals surface area (Å²) < 4.78 is 13.9. The summed E-state index contributed by atoms with van der Waals surface area (Å²) in [6, 6.07) is 2.79. The highest BCUT2D eigenvalue weighted by atomic mass is 127. The zero-order valence-corrected chi connectivity index (χ0v) is 12.3. The number of anilines is 1. The number of Topliss-reactive ketones (excluding diaryl/α,β-unsaturated/α-hetero) is 1. The smallest absolute Gasteiger partial charge is 0.176 e. The molecule has 3 nitrogen and oxygen atoms in total. The van der Waals surface area contributed by atoms with Gasteiger partial charge < -0.3 is 11.1 Å². The summed E-state index contributed by atoms with van der Waals surface area (Å²) in [7, 11) is 0. The van der Waals surface area contributed by atoms with Gasteiger partial charge in [-0.1, -0.05) is 0 Å². The molecule has 0 saturated heterocycles. The van der Waals surface area contributed by atoms with E-state index >= 15 is 0 Å². The van der Waals surface area contributed by atoms with E-state index in [1.54, 1.807) is 6.07 Å². The van der Waals surface area contributed by atoms with Crippen LogP contribution in [0.15, 0.2) is 12.1 Å². The lowest BCUT2D eigenvalue weighted by Crippen LogP contribution is -2.39. The predicted octanol–water partition coefficient (Wildman–Crippen LogP) is 2.58. The standard InChI is InChI=1S/C12H16FIN2O/c1-12(2,3)16-6-10(17)7-4-8(13)11(15)9(14)5-7/h4-5,16H,6,15H2,1-3H3. The predicted molar refractivity (Wildman–Crippen MR) is 75.6 cm³/mol. The van der Waals surface area contributed by atoms with E-state index in [4.69, 9.17) is 5.73 Å². The molecule has 0 amide bonds. The normalized spacial score (nSPS) is 11.6. The molecular formula is C12H16FIN2O. The zero-order chi connectivity index (χ0) is 13.2.